The van der Waals surface area contributed by atoms with Crippen LogP contribution in [0.3, 0.4) is 0 Å². The lowest BCUT2D eigenvalue weighted by Crippen LogP contribution is -2.32. The Hall–Kier alpha value is -2.18. The normalized spacial score (nSPS) is 14.6. The predicted octanol–water partition coefficient (Wildman–Crippen LogP) is 3.52. The van der Waals surface area contributed by atoms with Crippen LogP contribution in [0.4, 0.5) is 0 Å². The van der Waals surface area contributed by atoms with Gasteiger partial charge in [0.25, 0.3) is 5.91 Å². The zero-order chi connectivity index (χ0) is 19.6. The van der Waals surface area contributed by atoms with Crippen molar-refractivity contribution in [3.63, 3.8) is 0 Å². The van der Waals surface area contributed by atoms with Crippen LogP contribution < -0.4 is 5.32 Å². The summed E-state index contributed by atoms with van der Waals surface area (Å²) in [5, 5.41) is 2.58. The van der Waals surface area contributed by atoms with Crippen molar-refractivity contribution in [3.05, 3.63) is 65.2 Å². The summed E-state index contributed by atoms with van der Waals surface area (Å²) in [5.41, 5.74) is 2.56. The summed E-state index contributed by atoms with van der Waals surface area (Å²) in [5.74, 6) is 0.207. The van der Waals surface area contributed by atoms with E-state index in [2.05, 4.69) is 19.2 Å². The SMILES string of the molecule is CNC(=O)c1ccc(CN(C2CC2)S(=O)(=O)c2ccc(C(C)C)cc2)cc1. The number of carbonyl (C=O) groups is 1. The van der Waals surface area contributed by atoms with Gasteiger partial charge in [-0.2, -0.15) is 4.31 Å². The highest BCUT2D eigenvalue weighted by atomic mass is 32.2. The Balaban J connectivity index is 1.83. The fourth-order valence-corrected chi connectivity index (χ4v) is 4.69. The van der Waals surface area contributed by atoms with E-state index in [-0.39, 0.29) is 11.9 Å². The van der Waals surface area contributed by atoms with Gasteiger partial charge in [-0.1, -0.05) is 38.1 Å². The van der Waals surface area contributed by atoms with Crippen molar-refractivity contribution in [3.8, 4) is 0 Å². The molecule has 1 saturated carbocycles. The molecule has 27 heavy (non-hydrogen) atoms. The Morgan fingerprint density at radius 1 is 1.07 bits per heavy atom. The monoisotopic (exact) mass is 386 g/mol. The second-order valence-electron chi connectivity index (χ2n) is 7.28. The lowest BCUT2D eigenvalue weighted by atomic mass is 10.0. The van der Waals surface area contributed by atoms with E-state index in [0.717, 1.165) is 24.0 Å². The summed E-state index contributed by atoms with van der Waals surface area (Å²) in [7, 11) is -1.97. The molecule has 0 aromatic heterocycles. The van der Waals surface area contributed by atoms with E-state index in [9.17, 15) is 13.2 Å². The third kappa shape index (κ3) is 4.39. The molecule has 5 nitrogen and oxygen atoms in total. The molecule has 1 aliphatic carbocycles. The first-order valence-corrected chi connectivity index (χ1v) is 10.7. The number of nitrogens with zero attached hydrogens (tertiary/aromatic N) is 1. The lowest BCUT2D eigenvalue weighted by molar-refractivity contribution is 0.0963. The fourth-order valence-electron chi connectivity index (χ4n) is 3.02. The van der Waals surface area contributed by atoms with Gasteiger partial charge in [-0.05, 0) is 54.2 Å². The molecule has 0 spiro atoms. The summed E-state index contributed by atoms with van der Waals surface area (Å²) >= 11 is 0. The van der Waals surface area contributed by atoms with E-state index in [0.29, 0.717) is 22.9 Å². The quantitative estimate of drug-likeness (QED) is 0.792. The Bertz CT molecular complexity index is 899. The van der Waals surface area contributed by atoms with Crippen LogP contribution in [-0.2, 0) is 16.6 Å². The van der Waals surface area contributed by atoms with E-state index >= 15 is 0 Å². The van der Waals surface area contributed by atoms with Gasteiger partial charge in [0, 0.05) is 25.2 Å². The van der Waals surface area contributed by atoms with E-state index < -0.39 is 10.0 Å². The second kappa shape index (κ2) is 7.82. The van der Waals surface area contributed by atoms with Crippen molar-refractivity contribution in [2.45, 2.75) is 50.1 Å². The molecule has 6 heteroatoms. The molecule has 0 unspecified atom stereocenters. The Kier molecular flexibility index (Phi) is 5.67. The number of hydrogen-bond donors (Lipinski definition) is 1. The minimum Gasteiger partial charge on any atom is -0.355 e. The molecule has 2 aromatic carbocycles. The van der Waals surface area contributed by atoms with E-state index in [1.807, 2.05) is 24.3 Å². The van der Waals surface area contributed by atoms with E-state index in [4.69, 9.17) is 0 Å². The minimum atomic E-state index is -3.56. The third-order valence-electron chi connectivity index (χ3n) is 4.89. The minimum absolute atomic E-state index is 0.0541. The third-order valence-corrected chi connectivity index (χ3v) is 6.80. The van der Waals surface area contributed by atoms with Crippen LogP contribution in [0.2, 0.25) is 0 Å². The van der Waals surface area contributed by atoms with E-state index in [1.165, 1.54) is 0 Å². The maximum atomic E-state index is 13.2. The van der Waals surface area contributed by atoms with Crippen LogP contribution >= 0.6 is 0 Å². The van der Waals surface area contributed by atoms with Crippen LogP contribution in [0, 0.1) is 0 Å². The molecule has 1 amide bonds. The van der Waals surface area contributed by atoms with Crippen LogP contribution in [0.15, 0.2) is 53.4 Å². The van der Waals surface area contributed by atoms with Gasteiger partial charge in [0.15, 0.2) is 0 Å². The second-order valence-corrected chi connectivity index (χ2v) is 9.17. The van der Waals surface area contributed by atoms with Crippen molar-refractivity contribution in [2.24, 2.45) is 0 Å². The number of carbonyl (C=O) groups excluding carboxylic acids is 1. The molecule has 0 atom stereocenters. The molecular formula is C21H26N2O3S. The van der Waals surface area contributed by atoms with Crippen molar-refractivity contribution in [1.82, 2.24) is 9.62 Å². The van der Waals surface area contributed by atoms with Gasteiger partial charge < -0.3 is 5.32 Å². The molecule has 0 radical (unpaired) electrons. The Morgan fingerprint density at radius 2 is 1.67 bits per heavy atom. The first-order valence-electron chi connectivity index (χ1n) is 9.25. The van der Waals surface area contributed by atoms with Crippen molar-refractivity contribution >= 4 is 15.9 Å². The molecule has 0 aliphatic heterocycles. The molecule has 1 fully saturated rings. The average molecular weight is 387 g/mol. The highest BCUT2D eigenvalue weighted by Gasteiger charge is 2.38. The van der Waals surface area contributed by atoms with Gasteiger partial charge in [-0.15, -0.1) is 0 Å². The number of nitrogens with one attached hydrogen (secondary N) is 1. The Morgan fingerprint density at radius 3 is 2.15 bits per heavy atom. The van der Waals surface area contributed by atoms with Crippen LogP contribution in [0.5, 0.6) is 0 Å². The Labute approximate surface area is 161 Å². The zero-order valence-electron chi connectivity index (χ0n) is 16.0. The van der Waals surface area contributed by atoms with Crippen LogP contribution in [0.25, 0.3) is 0 Å². The molecule has 0 bridgehead atoms. The highest BCUT2D eigenvalue weighted by molar-refractivity contribution is 7.89. The molecule has 1 aliphatic rings. The van der Waals surface area contributed by atoms with Gasteiger partial charge in [-0.3, -0.25) is 4.79 Å². The molecule has 144 valence electrons. The van der Waals surface area contributed by atoms with Crippen LogP contribution in [-0.4, -0.2) is 31.7 Å². The van der Waals surface area contributed by atoms with Gasteiger partial charge >= 0.3 is 0 Å². The molecule has 0 heterocycles. The van der Waals surface area contributed by atoms with Gasteiger partial charge in [0.2, 0.25) is 10.0 Å². The molecule has 3 rings (SSSR count). The van der Waals surface area contributed by atoms with Crippen molar-refractivity contribution in [2.75, 3.05) is 7.05 Å². The number of benzene rings is 2. The first kappa shape index (κ1) is 19.6. The average Bonchev–Trinajstić information content (AvgIpc) is 3.50. The maximum absolute atomic E-state index is 13.2. The summed E-state index contributed by atoms with van der Waals surface area (Å²) in [6.07, 6.45) is 1.78. The number of sulfonamides is 1. The van der Waals surface area contributed by atoms with Gasteiger partial charge in [-0.25, -0.2) is 8.42 Å². The number of amides is 1. The molecule has 2 aromatic rings. The summed E-state index contributed by atoms with van der Waals surface area (Å²) in [6.45, 7) is 4.48. The summed E-state index contributed by atoms with van der Waals surface area (Å²) in [4.78, 5) is 12.0. The first-order chi connectivity index (χ1) is 12.8. The van der Waals surface area contributed by atoms with Crippen LogP contribution in [0.1, 0.15) is 54.1 Å². The zero-order valence-corrected chi connectivity index (χ0v) is 16.8. The topological polar surface area (TPSA) is 66.5 Å². The molecule has 0 saturated heterocycles. The smallest absolute Gasteiger partial charge is 0.251 e. The molecular weight excluding hydrogens is 360 g/mol. The fraction of sp³-hybridized carbons (Fsp3) is 0.381. The van der Waals surface area contributed by atoms with E-state index in [1.54, 1.807) is 35.6 Å². The van der Waals surface area contributed by atoms with Crippen molar-refractivity contribution < 1.29 is 13.2 Å². The molecule has 1 N–H and O–H groups in total. The van der Waals surface area contributed by atoms with Crippen molar-refractivity contribution in [1.29, 1.82) is 0 Å². The maximum Gasteiger partial charge on any atom is 0.251 e. The summed E-state index contributed by atoms with van der Waals surface area (Å²) < 4.78 is 28.0. The number of hydrogen-bond acceptors (Lipinski definition) is 3. The highest BCUT2D eigenvalue weighted by Crippen LogP contribution is 2.34. The van der Waals surface area contributed by atoms with Gasteiger partial charge in [0.05, 0.1) is 4.90 Å². The lowest BCUT2D eigenvalue weighted by Gasteiger charge is -2.22. The number of rotatable bonds is 7. The summed E-state index contributed by atoms with van der Waals surface area (Å²) in [6, 6.07) is 14.3. The largest absolute Gasteiger partial charge is 0.355 e. The van der Waals surface area contributed by atoms with Gasteiger partial charge in [0.1, 0.15) is 0 Å². The predicted molar refractivity (Wildman–Crippen MR) is 106 cm³/mol. The standard InChI is InChI=1S/C21H26N2O3S/c1-15(2)17-8-12-20(13-9-17)27(25,26)23(19-10-11-19)14-16-4-6-18(7-5-16)21(24)22-3/h4-9,12-13,15,19H,10-11,14H2,1-3H3,(H,22,24).